The highest BCUT2D eigenvalue weighted by Crippen LogP contribution is 2.43. The first-order chi connectivity index (χ1) is 20.9. The van der Waals surface area contributed by atoms with Gasteiger partial charge in [-0.2, -0.15) is 4.98 Å². The minimum atomic E-state index is -0.365. The predicted molar refractivity (Wildman–Crippen MR) is 162 cm³/mol. The molecule has 10 nitrogen and oxygen atoms in total. The van der Waals surface area contributed by atoms with E-state index in [-0.39, 0.29) is 36.1 Å². The van der Waals surface area contributed by atoms with Gasteiger partial charge in [-0.15, -0.1) is 0 Å². The highest BCUT2D eigenvalue weighted by Gasteiger charge is 2.44. The number of anilines is 3. The van der Waals surface area contributed by atoms with Crippen LogP contribution < -0.4 is 10.6 Å². The minimum absolute atomic E-state index is 0.0375. The van der Waals surface area contributed by atoms with E-state index >= 15 is 0 Å². The Labute approximate surface area is 250 Å². The summed E-state index contributed by atoms with van der Waals surface area (Å²) in [6.45, 7) is 7.05. The molecule has 0 radical (unpaired) electrons. The van der Waals surface area contributed by atoms with Crippen molar-refractivity contribution in [3.63, 3.8) is 0 Å². The van der Waals surface area contributed by atoms with Crippen LogP contribution in [0.2, 0.25) is 0 Å². The lowest BCUT2D eigenvalue weighted by molar-refractivity contribution is 0.0241. The smallest absolute Gasteiger partial charge is 0.338 e. The molecule has 3 saturated heterocycles. The summed E-state index contributed by atoms with van der Waals surface area (Å²) in [6.07, 6.45) is 4.64. The van der Waals surface area contributed by atoms with Crippen LogP contribution in [0.5, 0.6) is 0 Å². The number of esters is 1. The molecule has 2 aromatic heterocycles. The Kier molecular flexibility index (Phi) is 7.10. The van der Waals surface area contributed by atoms with Gasteiger partial charge in [0.15, 0.2) is 5.82 Å². The van der Waals surface area contributed by atoms with E-state index in [1.165, 1.54) is 0 Å². The Morgan fingerprint density at radius 1 is 1.05 bits per heavy atom. The van der Waals surface area contributed by atoms with Crippen LogP contribution in [0.3, 0.4) is 0 Å². The van der Waals surface area contributed by atoms with E-state index in [9.17, 15) is 9.90 Å². The number of rotatable bonds is 8. The van der Waals surface area contributed by atoms with Crippen LogP contribution in [0.4, 0.5) is 17.2 Å². The second-order valence-corrected chi connectivity index (χ2v) is 12.0. The number of benzene rings is 2. The van der Waals surface area contributed by atoms with E-state index in [0.29, 0.717) is 28.5 Å². The molecule has 3 fully saturated rings. The van der Waals surface area contributed by atoms with Gasteiger partial charge in [0, 0.05) is 29.3 Å². The molecule has 222 valence electrons. The van der Waals surface area contributed by atoms with Gasteiger partial charge in [0.2, 0.25) is 0 Å². The van der Waals surface area contributed by atoms with Crippen molar-refractivity contribution < 1.29 is 19.2 Å². The summed E-state index contributed by atoms with van der Waals surface area (Å²) >= 11 is 0. The number of ether oxygens (including phenoxy) is 1. The third-order valence-electron chi connectivity index (χ3n) is 9.50. The molecule has 4 aliphatic rings. The SMILES string of the molecule is CC1OC(=O)c2ccc(Nc3cc(N[C@H](CO)c4ccccc4)c(-c4nc(C56CCN(CC5)CC6)no4)cn3)cc2C1C. The topological polar surface area (TPSA) is 126 Å². The molecule has 4 aromatic rings. The highest BCUT2D eigenvalue weighted by atomic mass is 16.5. The zero-order valence-electron chi connectivity index (χ0n) is 24.4. The molecule has 0 spiro atoms. The third-order valence-corrected chi connectivity index (χ3v) is 9.50. The van der Waals surface area contributed by atoms with Gasteiger partial charge in [-0.1, -0.05) is 42.4 Å². The number of fused-ring (bicyclic) bond motifs is 4. The second-order valence-electron chi connectivity index (χ2n) is 12.0. The molecular weight excluding hydrogens is 544 g/mol. The molecule has 0 amide bonds. The molecule has 2 aromatic carbocycles. The number of hydrogen-bond donors (Lipinski definition) is 3. The van der Waals surface area contributed by atoms with Crippen molar-refractivity contribution in [3.8, 4) is 11.5 Å². The molecule has 3 N–H and O–H groups in total. The number of piperidine rings is 3. The Bertz CT molecular complexity index is 1620. The van der Waals surface area contributed by atoms with Crippen LogP contribution in [0.1, 0.15) is 72.4 Å². The van der Waals surface area contributed by atoms with E-state index in [0.717, 1.165) is 61.5 Å². The number of carbonyl (C=O) groups is 1. The summed E-state index contributed by atoms with van der Waals surface area (Å²) < 4.78 is 11.4. The van der Waals surface area contributed by atoms with Crippen molar-refractivity contribution in [3.05, 3.63) is 83.3 Å². The number of nitrogens with one attached hydrogen (secondary N) is 2. The molecule has 2 bridgehead atoms. The van der Waals surface area contributed by atoms with Gasteiger partial charge in [0.1, 0.15) is 11.9 Å². The first kappa shape index (κ1) is 27.5. The van der Waals surface area contributed by atoms with Gasteiger partial charge in [0.25, 0.3) is 5.89 Å². The first-order valence-corrected chi connectivity index (χ1v) is 15.0. The normalized spacial score (nSPS) is 25.1. The average molecular weight is 581 g/mol. The maximum Gasteiger partial charge on any atom is 0.338 e. The summed E-state index contributed by atoms with van der Waals surface area (Å²) in [4.78, 5) is 24.5. The first-order valence-electron chi connectivity index (χ1n) is 15.0. The van der Waals surface area contributed by atoms with Gasteiger partial charge in [-0.25, -0.2) is 9.78 Å². The fourth-order valence-corrected chi connectivity index (χ4v) is 6.57. The standard InChI is InChI=1S/C33H36N6O4/c1-20-21(2)42-31(41)24-9-8-23(16-25(20)24)35-29-17-27(36-28(19-40)22-6-4-3-5-7-22)26(18-34-29)30-37-32(38-43-30)33-10-13-39(14-11-33)15-12-33/h3-9,16-18,20-21,28,40H,10-15,19H2,1-2H3,(H2,34,35,36)/t20?,21?,28-/m1/s1. The number of carbonyl (C=O) groups excluding carboxylic acids is 1. The van der Waals surface area contributed by atoms with Gasteiger partial charge >= 0.3 is 5.97 Å². The minimum Gasteiger partial charge on any atom is -0.458 e. The van der Waals surface area contributed by atoms with E-state index in [1.54, 1.807) is 12.3 Å². The van der Waals surface area contributed by atoms with Crippen LogP contribution in [0, 0.1) is 0 Å². The van der Waals surface area contributed by atoms with Gasteiger partial charge < -0.3 is 29.9 Å². The maximum atomic E-state index is 12.4. The van der Waals surface area contributed by atoms with Crippen LogP contribution in [0.15, 0.2) is 65.3 Å². The van der Waals surface area contributed by atoms with Crippen molar-refractivity contribution in [2.75, 3.05) is 36.9 Å². The molecule has 43 heavy (non-hydrogen) atoms. The Morgan fingerprint density at radius 2 is 1.81 bits per heavy atom. The number of nitrogens with zero attached hydrogens (tertiary/aromatic N) is 4. The Hall–Kier alpha value is -4.28. The number of hydrogen-bond acceptors (Lipinski definition) is 10. The summed E-state index contributed by atoms with van der Waals surface area (Å²) in [5.74, 6) is 1.54. The van der Waals surface area contributed by atoms with E-state index in [4.69, 9.17) is 19.2 Å². The molecule has 0 saturated carbocycles. The van der Waals surface area contributed by atoms with Crippen molar-refractivity contribution in [1.29, 1.82) is 0 Å². The third kappa shape index (κ3) is 5.14. The number of pyridine rings is 1. The van der Waals surface area contributed by atoms with Crippen molar-refractivity contribution in [2.45, 2.75) is 56.6 Å². The van der Waals surface area contributed by atoms with Crippen LogP contribution in [-0.2, 0) is 10.2 Å². The van der Waals surface area contributed by atoms with Crippen LogP contribution >= 0.6 is 0 Å². The quantitative estimate of drug-likeness (QED) is 0.233. The van der Waals surface area contributed by atoms with Gasteiger partial charge in [-0.3, -0.25) is 0 Å². The summed E-state index contributed by atoms with van der Waals surface area (Å²) in [5, 5.41) is 21.7. The molecular formula is C33H36N6O4. The molecule has 4 aliphatic heterocycles. The van der Waals surface area contributed by atoms with Gasteiger partial charge in [0.05, 0.1) is 29.5 Å². The maximum absolute atomic E-state index is 12.4. The lowest BCUT2D eigenvalue weighted by Gasteiger charge is -2.46. The number of aromatic nitrogens is 3. The fourth-order valence-electron chi connectivity index (χ4n) is 6.57. The molecule has 2 unspecified atom stereocenters. The fraction of sp³-hybridized carbons (Fsp3) is 0.394. The zero-order chi connectivity index (χ0) is 29.6. The number of aliphatic hydroxyl groups is 1. The molecule has 0 aliphatic carbocycles. The lowest BCUT2D eigenvalue weighted by Crippen LogP contribution is -2.51. The molecule has 8 rings (SSSR count). The van der Waals surface area contributed by atoms with Crippen molar-refractivity contribution in [2.24, 2.45) is 0 Å². The molecule has 3 atom stereocenters. The predicted octanol–water partition coefficient (Wildman–Crippen LogP) is 5.42. The number of aliphatic hydroxyl groups excluding tert-OH is 1. The van der Waals surface area contributed by atoms with Gasteiger partial charge in [-0.05, 0) is 75.1 Å². The molecule has 10 heteroatoms. The van der Waals surface area contributed by atoms with E-state index < -0.39 is 0 Å². The van der Waals surface area contributed by atoms with E-state index in [2.05, 4.69) is 27.6 Å². The van der Waals surface area contributed by atoms with E-state index in [1.807, 2.05) is 55.5 Å². The van der Waals surface area contributed by atoms with Crippen LogP contribution in [0.25, 0.3) is 11.5 Å². The lowest BCUT2D eigenvalue weighted by atomic mass is 9.71. The summed E-state index contributed by atoms with van der Waals surface area (Å²) in [6, 6.07) is 17.0. The Balaban J connectivity index is 1.23. The monoisotopic (exact) mass is 580 g/mol. The summed E-state index contributed by atoms with van der Waals surface area (Å²) in [5.41, 5.74) is 4.62. The van der Waals surface area contributed by atoms with Crippen molar-refractivity contribution in [1.82, 2.24) is 20.0 Å². The summed E-state index contributed by atoms with van der Waals surface area (Å²) in [7, 11) is 0. The number of cyclic esters (lactones) is 1. The highest BCUT2D eigenvalue weighted by molar-refractivity contribution is 5.93. The molecule has 6 heterocycles. The van der Waals surface area contributed by atoms with Crippen molar-refractivity contribution >= 4 is 23.2 Å². The Morgan fingerprint density at radius 3 is 2.56 bits per heavy atom. The average Bonchev–Trinajstić information content (AvgIpc) is 3.55. The second kappa shape index (κ2) is 11.1. The zero-order valence-corrected chi connectivity index (χ0v) is 24.4. The largest absolute Gasteiger partial charge is 0.458 e. The van der Waals surface area contributed by atoms with Crippen LogP contribution in [-0.4, -0.2) is 63.4 Å².